The predicted octanol–water partition coefficient (Wildman–Crippen LogP) is 2.14. The highest BCUT2D eigenvalue weighted by Gasteiger charge is 2.15. The number of nitrogens with one attached hydrogen (secondary N) is 1. The molecule has 0 bridgehead atoms. The number of halogens is 1. The van der Waals surface area contributed by atoms with E-state index in [1.807, 2.05) is 20.8 Å². The molecule has 5 heteroatoms. The highest BCUT2D eigenvalue weighted by molar-refractivity contribution is 5.78. The first-order chi connectivity index (χ1) is 8.69. The Kier molecular flexibility index (Phi) is 4.89. The van der Waals surface area contributed by atoms with E-state index in [1.165, 1.54) is 12.1 Å². The second-order valence-corrected chi connectivity index (χ2v) is 5.57. The maximum absolute atomic E-state index is 13.7. The van der Waals surface area contributed by atoms with E-state index < -0.39 is 5.82 Å². The van der Waals surface area contributed by atoms with Crippen LogP contribution in [-0.4, -0.2) is 18.1 Å². The van der Waals surface area contributed by atoms with E-state index in [2.05, 4.69) is 5.32 Å². The standard InChI is InChI=1S/C14H21FN2O2/c1-9(16)10-5-6-12(11(15)7-10)19-8-13(18)17-14(2,3)4/h5-7,9H,8,16H2,1-4H3,(H,17,18)/t9-/m0/s1. The SMILES string of the molecule is C[C@H](N)c1ccc(OCC(=O)NC(C)(C)C)c(F)c1. The molecule has 106 valence electrons. The maximum atomic E-state index is 13.7. The molecular formula is C14H21FN2O2. The van der Waals surface area contributed by atoms with Crippen LogP contribution < -0.4 is 15.8 Å². The Morgan fingerprint density at radius 2 is 2.11 bits per heavy atom. The number of hydrogen-bond donors (Lipinski definition) is 2. The number of carbonyl (C=O) groups is 1. The molecule has 1 atom stereocenters. The van der Waals surface area contributed by atoms with Gasteiger partial charge >= 0.3 is 0 Å². The van der Waals surface area contributed by atoms with Gasteiger partial charge in [-0.2, -0.15) is 0 Å². The molecular weight excluding hydrogens is 247 g/mol. The second kappa shape index (κ2) is 6.02. The summed E-state index contributed by atoms with van der Waals surface area (Å²) >= 11 is 0. The lowest BCUT2D eigenvalue weighted by atomic mass is 10.1. The first-order valence-corrected chi connectivity index (χ1v) is 6.18. The zero-order valence-corrected chi connectivity index (χ0v) is 11.8. The number of benzene rings is 1. The normalized spacial score (nSPS) is 12.9. The van der Waals surface area contributed by atoms with Crippen molar-refractivity contribution >= 4 is 5.91 Å². The largest absolute Gasteiger partial charge is 0.481 e. The summed E-state index contributed by atoms with van der Waals surface area (Å²) in [6.45, 7) is 7.15. The molecule has 1 amide bonds. The molecule has 0 aliphatic heterocycles. The van der Waals surface area contributed by atoms with Gasteiger partial charge < -0.3 is 15.8 Å². The Hall–Kier alpha value is -1.62. The fourth-order valence-electron chi connectivity index (χ4n) is 1.52. The first-order valence-electron chi connectivity index (χ1n) is 6.18. The van der Waals surface area contributed by atoms with Gasteiger partial charge in [0, 0.05) is 11.6 Å². The van der Waals surface area contributed by atoms with Gasteiger partial charge in [-0.3, -0.25) is 4.79 Å². The summed E-state index contributed by atoms with van der Waals surface area (Å²) in [4.78, 5) is 11.5. The van der Waals surface area contributed by atoms with Crippen molar-refractivity contribution in [2.24, 2.45) is 5.73 Å². The summed E-state index contributed by atoms with van der Waals surface area (Å²) in [5.41, 5.74) is 6.00. The van der Waals surface area contributed by atoms with E-state index >= 15 is 0 Å². The van der Waals surface area contributed by atoms with Crippen LogP contribution in [0.5, 0.6) is 5.75 Å². The minimum absolute atomic E-state index is 0.0495. The van der Waals surface area contributed by atoms with Crippen molar-refractivity contribution in [2.45, 2.75) is 39.3 Å². The molecule has 1 aromatic carbocycles. The summed E-state index contributed by atoms with van der Waals surface area (Å²) < 4.78 is 18.8. The third kappa shape index (κ3) is 5.26. The summed E-state index contributed by atoms with van der Waals surface area (Å²) in [5.74, 6) is -0.755. The van der Waals surface area contributed by atoms with Crippen LogP contribution in [-0.2, 0) is 4.79 Å². The van der Waals surface area contributed by atoms with Crippen molar-refractivity contribution in [3.63, 3.8) is 0 Å². The number of rotatable bonds is 4. The summed E-state index contributed by atoms with van der Waals surface area (Å²) in [6.07, 6.45) is 0. The van der Waals surface area contributed by atoms with Gasteiger partial charge in [-0.1, -0.05) is 6.07 Å². The van der Waals surface area contributed by atoms with Crippen LogP contribution in [0.25, 0.3) is 0 Å². The maximum Gasteiger partial charge on any atom is 0.258 e. The molecule has 3 N–H and O–H groups in total. The number of nitrogens with two attached hydrogens (primary N) is 1. The second-order valence-electron chi connectivity index (χ2n) is 5.57. The highest BCUT2D eigenvalue weighted by atomic mass is 19.1. The van der Waals surface area contributed by atoms with Crippen LogP contribution in [0.15, 0.2) is 18.2 Å². The van der Waals surface area contributed by atoms with Gasteiger partial charge in [-0.25, -0.2) is 4.39 Å². The van der Waals surface area contributed by atoms with Crippen LogP contribution in [0.1, 0.15) is 39.3 Å². The van der Waals surface area contributed by atoms with E-state index in [1.54, 1.807) is 13.0 Å². The molecule has 1 aromatic rings. The van der Waals surface area contributed by atoms with E-state index in [0.717, 1.165) is 0 Å². The third-order valence-corrected chi connectivity index (χ3v) is 2.35. The molecule has 0 saturated carbocycles. The molecule has 0 radical (unpaired) electrons. The highest BCUT2D eigenvalue weighted by Crippen LogP contribution is 2.21. The Morgan fingerprint density at radius 1 is 1.47 bits per heavy atom. The van der Waals surface area contributed by atoms with Gasteiger partial charge in [0.05, 0.1) is 0 Å². The van der Waals surface area contributed by atoms with Crippen molar-refractivity contribution in [3.05, 3.63) is 29.6 Å². The number of hydrogen-bond acceptors (Lipinski definition) is 3. The van der Waals surface area contributed by atoms with Gasteiger partial charge in [0.25, 0.3) is 5.91 Å². The lowest BCUT2D eigenvalue weighted by Gasteiger charge is -2.20. The molecule has 0 aliphatic rings. The molecule has 0 unspecified atom stereocenters. The first kappa shape index (κ1) is 15.4. The summed E-state index contributed by atoms with van der Waals surface area (Å²) in [7, 11) is 0. The van der Waals surface area contributed by atoms with E-state index in [9.17, 15) is 9.18 Å². The molecule has 0 spiro atoms. The number of carbonyl (C=O) groups excluding carboxylic acids is 1. The predicted molar refractivity (Wildman–Crippen MR) is 72.4 cm³/mol. The molecule has 0 aliphatic carbocycles. The van der Waals surface area contributed by atoms with Crippen LogP contribution in [0.3, 0.4) is 0 Å². The Bertz CT molecular complexity index is 453. The van der Waals surface area contributed by atoms with Crippen molar-refractivity contribution < 1.29 is 13.9 Å². The van der Waals surface area contributed by atoms with E-state index in [-0.39, 0.29) is 29.8 Å². The fraction of sp³-hybridized carbons (Fsp3) is 0.500. The lowest BCUT2D eigenvalue weighted by molar-refractivity contribution is -0.124. The Morgan fingerprint density at radius 3 is 2.58 bits per heavy atom. The minimum atomic E-state index is -0.515. The summed E-state index contributed by atoms with van der Waals surface area (Å²) in [5, 5.41) is 2.73. The fourth-order valence-corrected chi connectivity index (χ4v) is 1.52. The molecule has 19 heavy (non-hydrogen) atoms. The quantitative estimate of drug-likeness (QED) is 0.879. The lowest BCUT2D eigenvalue weighted by Crippen LogP contribution is -2.43. The van der Waals surface area contributed by atoms with Crippen molar-refractivity contribution in [2.75, 3.05) is 6.61 Å². The van der Waals surface area contributed by atoms with Gasteiger partial charge in [-0.15, -0.1) is 0 Å². The smallest absolute Gasteiger partial charge is 0.258 e. The monoisotopic (exact) mass is 268 g/mol. The molecule has 0 aromatic heterocycles. The number of amides is 1. The van der Waals surface area contributed by atoms with Gasteiger partial charge in [0.2, 0.25) is 0 Å². The van der Waals surface area contributed by atoms with E-state index in [0.29, 0.717) is 5.56 Å². The van der Waals surface area contributed by atoms with Gasteiger partial charge in [0.15, 0.2) is 18.2 Å². The Labute approximate surface area is 113 Å². The zero-order valence-electron chi connectivity index (χ0n) is 11.8. The molecule has 1 rings (SSSR count). The molecule has 0 heterocycles. The van der Waals surface area contributed by atoms with E-state index in [4.69, 9.17) is 10.5 Å². The summed E-state index contributed by atoms with van der Waals surface area (Å²) in [6, 6.07) is 4.25. The van der Waals surface area contributed by atoms with Crippen molar-refractivity contribution in [3.8, 4) is 5.75 Å². The average Bonchev–Trinajstić information content (AvgIpc) is 2.24. The van der Waals surface area contributed by atoms with Crippen LogP contribution >= 0.6 is 0 Å². The van der Waals surface area contributed by atoms with Crippen LogP contribution in [0.2, 0.25) is 0 Å². The minimum Gasteiger partial charge on any atom is -0.481 e. The number of ether oxygens (including phenoxy) is 1. The van der Waals surface area contributed by atoms with Gasteiger partial charge in [0.1, 0.15) is 0 Å². The zero-order chi connectivity index (χ0) is 14.6. The topological polar surface area (TPSA) is 64.3 Å². The van der Waals surface area contributed by atoms with Gasteiger partial charge in [-0.05, 0) is 45.4 Å². The molecule has 4 nitrogen and oxygen atoms in total. The Balaban J connectivity index is 2.61. The van der Waals surface area contributed by atoms with Crippen molar-refractivity contribution in [1.82, 2.24) is 5.32 Å². The van der Waals surface area contributed by atoms with Crippen LogP contribution in [0, 0.1) is 5.82 Å². The van der Waals surface area contributed by atoms with Crippen molar-refractivity contribution in [1.29, 1.82) is 0 Å². The molecule has 0 fully saturated rings. The molecule has 0 saturated heterocycles. The third-order valence-electron chi connectivity index (χ3n) is 2.35. The average molecular weight is 268 g/mol. The van der Waals surface area contributed by atoms with Crippen LogP contribution in [0.4, 0.5) is 4.39 Å².